The van der Waals surface area contributed by atoms with Crippen LogP contribution in [0.2, 0.25) is 0 Å². The zero-order valence-electron chi connectivity index (χ0n) is 24.0. The van der Waals surface area contributed by atoms with Crippen molar-refractivity contribution in [3.8, 4) is 0 Å². The maximum atomic E-state index is 11.7. The van der Waals surface area contributed by atoms with E-state index < -0.39 is 0 Å². The van der Waals surface area contributed by atoms with E-state index in [2.05, 4.69) is 63.3 Å². The number of rotatable bonds is 10. The number of carbonyl (C=O) groups excluding carboxylic acids is 1. The Morgan fingerprint density at radius 1 is 0.971 bits per heavy atom. The fraction of sp³-hybridized carbons (Fsp3) is 0.968. The van der Waals surface area contributed by atoms with Gasteiger partial charge in [-0.1, -0.05) is 34.6 Å². The van der Waals surface area contributed by atoms with Crippen LogP contribution in [0.1, 0.15) is 106 Å². The Kier molecular flexibility index (Phi) is 9.07. The molecule has 2 N–H and O–H groups in total. The lowest BCUT2D eigenvalue weighted by molar-refractivity contribution is -0.119. The minimum Gasteiger partial charge on any atom is -0.313 e. The summed E-state index contributed by atoms with van der Waals surface area (Å²) >= 11 is 2.21. The maximum Gasteiger partial charge on any atom is 0.129 e. The number of thioether (sulfide) groups is 1. The number of carbonyl (C=O) groups is 1. The SMILES string of the molecule is CS[C@@H]1C[C@H]2C[C@H](NCCNC(C)C)CC[C@]2(C)C2CC[C@@]3(C)C(CC[C@@H]3[C@H](C)CCC(C)=O)C21. The molecule has 202 valence electrons. The van der Waals surface area contributed by atoms with Crippen molar-refractivity contribution >= 4 is 17.5 Å². The van der Waals surface area contributed by atoms with Gasteiger partial charge in [-0.15, -0.1) is 0 Å². The van der Waals surface area contributed by atoms with E-state index in [1.54, 1.807) is 6.92 Å². The Balaban J connectivity index is 1.45. The molecule has 10 atom stereocenters. The summed E-state index contributed by atoms with van der Waals surface area (Å²) in [6, 6.07) is 1.29. The number of Topliss-reactive ketones (excluding diaryl/α,β-unsaturated/α-hetero) is 1. The molecule has 0 radical (unpaired) electrons. The lowest BCUT2D eigenvalue weighted by Gasteiger charge is -2.63. The van der Waals surface area contributed by atoms with Crippen molar-refractivity contribution in [2.24, 2.45) is 46.3 Å². The molecule has 4 aliphatic carbocycles. The first-order valence-electron chi connectivity index (χ1n) is 15.1. The number of nitrogens with one attached hydrogen (secondary N) is 2. The van der Waals surface area contributed by atoms with Crippen molar-refractivity contribution in [2.75, 3.05) is 19.3 Å². The molecule has 0 saturated heterocycles. The zero-order valence-corrected chi connectivity index (χ0v) is 24.8. The first kappa shape index (κ1) is 28.0. The Morgan fingerprint density at radius 2 is 1.69 bits per heavy atom. The second-order valence-electron chi connectivity index (χ2n) is 14.0. The lowest BCUT2D eigenvalue weighted by Crippen LogP contribution is -2.59. The standard InChI is InChI=1S/C31H56N2OS/c1-20(2)32-16-17-33-24-12-14-30(5)23(18-24)19-28(35-7)29-26-11-10-25(21(3)8-9-22(4)34)31(26,6)15-13-27(29)30/h20-21,23-29,32-33H,8-19H2,1-7H3/t21-,23-,24-,25-,26?,27?,28-,29?,30+,31-/m1/s1. The van der Waals surface area contributed by atoms with Crippen LogP contribution in [0.4, 0.5) is 0 Å². The van der Waals surface area contributed by atoms with Crippen LogP contribution < -0.4 is 10.6 Å². The zero-order chi connectivity index (χ0) is 25.4. The Hall–Kier alpha value is -0.0600. The van der Waals surface area contributed by atoms with E-state index in [-0.39, 0.29) is 0 Å². The van der Waals surface area contributed by atoms with Gasteiger partial charge in [0.1, 0.15) is 5.78 Å². The molecule has 0 aromatic rings. The van der Waals surface area contributed by atoms with Crippen LogP contribution in [0.25, 0.3) is 0 Å². The van der Waals surface area contributed by atoms with E-state index in [0.29, 0.717) is 34.6 Å². The van der Waals surface area contributed by atoms with Gasteiger partial charge in [-0.3, -0.25) is 0 Å². The number of ketones is 1. The Labute approximate surface area is 221 Å². The van der Waals surface area contributed by atoms with E-state index >= 15 is 0 Å². The monoisotopic (exact) mass is 504 g/mol. The average molecular weight is 505 g/mol. The van der Waals surface area contributed by atoms with Crippen LogP contribution in [0, 0.1) is 46.3 Å². The minimum absolute atomic E-state index is 0.371. The van der Waals surface area contributed by atoms with Crippen LogP contribution >= 0.6 is 11.8 Å². The summed E-state index contributed by atoms with van der Waals surface area (Å²) in [5.74, 6) is 5.51. The van der Waals surface area contributed by atoms with Gasteiger partial charge in [-0.25, -0.2) is 0 Å². The van der Waals surface area contributed by atoms with Gasteiger partial charge in [0.15, 0.2) is 0 Å². The molecule has 4 rings (SSSR count). The van der Waals surface area contributed by atoms with Crippen molar-refractivity contribution in [3.05, 3.63) is 0 Å². The first-order valence-corrected chi connectivity index (χ1v) is 16.4. The summed E-state index contributed by atoms with van der Waals surface area (Å²) in [5.41, 5.74) is 1.04. The van der Waals surface area contributed by atoms with Gasteiger partial charge in [0.05, 0.1) is 0 Å². The molecule has 0 bridgehead atoms. The second kappa shape index (κ2) is 11.4. The summed E-state index contributed by atoms with van der Waals surface area (Å²) in [6.45, 7) is 16.3. The van der Waals surface area contributed by atoms with E-state index in [0.717, 1.165) is 60.8 Å². The third kappa shape index (κ3) is 5.56. The van der Waals surface area contributed by atoms with Crippen LogP contribution in [0.15, 0.2) is 0 Å². The molecule has 4 heteroatoms. The summed E-state index contributed by atoms with van der Waals surface area (Å²) < 4.78 is 0. The van der Waals surface area contributed by atoms with Gasteiger partial charge in [-0.05, 0) is 117 Å². The minimum atomic E-state index is 0.371. The van der Waals surface area contributed by atoms with Crippen molar-refractivity contribution in [3.63, 3.8) is 0 Å². The third-order valence-electron chi connectivity index (χ3n) is 11.8. The summed E-state index contributed by atoms with van der Waals surface area (Å²) in [6.07, 6.45) is 15.7. The highest BCUT2D eigenvalue weighted by Gasteiger charge is 2.62. The molecule has 4 aliphatic rings. The van der Waals surface area contributed by atoms with Crippen molar-refractivity contribution in [2.45, 2.75) is 123 Å². The van der Waals surface area contributed by atoms with Gasteiger partial charge in [-0.2, -0.15) is 11.8 Å². The molecule has 35 heavy (non-hydrogen) atoms. The first-order chi connectivity index (χ1) is 16.6. The largest absolute Gasteiger partial charge is 0.313 e. The normalized spacial score (nSPS) is 43.9. The van der Waals surface area contributed by atoms with Crippen LogP contribution in [-0.4, -0.2) is 42.5 Å². The molecule has 4 saturated carbocycles. The van der Waals surface area contributed by atoms with E-state index in [1.807, 2.05) is 0 Å². The molecule has 0 aromatic carbocycles. The lowest BCUT2D eigenvalue weighted by atomic mass is 9.44. The quantitative estimate of drug-likeness (QED) is 0.316. The summed E-state index contributed by atoms with van der Waals surface area (Å²) in [5, 5.41) is 8.33. The Morgan fingerprint density at radius 3 is 2.37 bits per heavy atom. The summed E-state index contributed by atoms with van der Waals surface area (Å²) in [4.78, 5) is 11.7. The highest BCUT2D eigenvalue weighted by Crippen LogP contribution is 2.69. The highest BCUT2D eigenvalue weighted by atomic mass is 32.2. The molecule has 0 aromatic heterocycles. The predicted octanol–water partition coefficient (Wildman–Crippen LogP) is 6.95. The third-order valence-corrected chi connectivity index (χ3v) is 12.9. The molecule has 3 nitrogen and oxygen atoms in total. The molecule has 0 heterocycles. The molecule has 0 aliphatic heterocycles. The average Bonchev–Trinajstić information content (AvgIpc) is 3.17. The predicted molar refractivity (Wildman–Crippen MR) is 152 cm³/mol. The fourth-order valence-electron chi connectivity index (χ4n) is 9.88. The second-order valence-corrected chi connectivity index (χ2v) is 15.1. The van der Waals surface area contributed by atoms with Crippen molar-refractivity contribution in [1.29, 1.82) is 0 Å². The smallest absolute Gasteiger partial charge is 0.129 e. The van der Waals surface area contributed by atoms with E-state index in [4.69, 9.17) is 0 Å². The van der Waals surface area contributed by atoms with Gasteiger partial charge < -0.3 is 15.4 Å². The van der Waals surface area contributed by atoms with Crippen LogP contribution in [0.3, 0.4) is 0 Å². The maximum absolute atomic E-state index is 11.7. The molecule has 3 unspecified atom stereocenters. The van der Waals surface area contributed by atoms with Gasteiger partial charge in [0, 0.05) is 36.8 Å². The summed E-state index contributed by atoms with van der Waals surface area (Å²) in [7, 11) is 0. The number of fused-ring (bicyclic) bond motifs is 5. The topological polar surface area (TPSA) is 41.1 Å². The molecule has 4 fully saturated rings. The van der Waals surface area contributed by atoms with E-state index in [1.165, 1.54) is 51.4 Å². The molecular weight excluding hydrogens is 448 g/mol. The van der Waals surface area contributed by atoms with Gasteiger partial charge >= 0.3 is 0 Å². The molecule has 0 amide bonds. The van der Waals surface area contributed by atoms with E-state index in [9.17, 15) is 4.79 Å². The van der Waals surface area contributed by atoms with Crippen LogP contribution in [0.5, 0.6) is 0 Å². The number of hydrogen-bond donors (Lipinski definition) is 2. The molecular formula is C31H56N2OS. The van der Waals surface area contributed by atoms with Crippen molar-refractivity contribution in [1.82, 2.24) is 10.6 Å². The van der Waals surface area contributed by atoms with Gasteiger partial charge in [0.25, 0.3) is 0 Å². The number of hydrogen-bond acceptors (Lipinski definition) is 4. The highest BCUT2D eigenvalue weighted by molar-refractivity contribution is 7.99. The Bertz CT molecular complexity index is 727. The van der Waals surface area contributed by atoms with Crippen LogP contribution in [-0.2, 0) is 4.79 Å². The molecule has 0 spiro atoms. The van der Waals surface area contributed by atoms with Crippen molar-refractivity contribution < 1.29 is 4.79 Å². The van der Waals surface area contributed by atoms with Gasteiger partial charge in [0.2, 0.25) is 0 Å². The fourth-order valence-corrected chi connectivity index (χ4v) is 11.0.